The van der Waals surface area contributed by atoms with Gasteiger partial charge in [-0.05, 0) is 54.8 Å². The summed E-state index contributed by atoms with van der Waals surface area (Å²) in [6.45, 7) is 1.39. The van der Waals surface area contributed by atoms with Gasteiger partial charge in [0.15, 0.2) is 0 Å². The Morgan fingerprint density at radius 3 is 2.46 bits per heavy atom. The van der Waals surface area contributed by atoms with E-state index in [4.69, 9.17) is 9.84 Å². The molecule has 3 aromatic rings. The molecule has 0 saturated carbocycles. The molecule has 0 aliphatic heterocycles. The Kier molecular flexibility index (Phi) is 5.09. The van der Waals surface area contributed by atoms with Crippen LogP contribution in [0.5, 0.6) is 11.5 Å². The van der Waals surface area contributed by atoms with Crippen LogP contribution < -0.4 is 10.1 Å². The molecule has 3 rings (SSSR count). The van der Waals surface area contributed by atoms with Gasteiger partial charge in [-0.3, -0.25) is 14.6 Å². The number of nitrogens with zero attached hydrogens (tertiary/aromatic N) is 1. The average molecular weight is 368 g/mol. The fourth-order valence-electron chi connectivity index (χ4n) is 2.29. The number of carboxylic acids is 1. The number of thiol groups is 1. The van der Waals surface area contributed by atoms with Gasteiger partial charge in [-0.2, -0.15) is 0 Å². The standard InChI is InChI=1S/C19H16N2O4S/c1-11(19(23)24)21-18(22)17-9-12-2-3-15(8-13(12)10-20-17)25-14-4-6-16(26)7-5-14/h2-11,26H,1H3,(H,21,22)(H,23,24). The highest BCUT2D eigenvalue weighted by Crippen LogP contribution is 2.26. The Labute approximate surface area is 155 Å². The Morgan fingerprint density at radius 1 is 1.08 bits per heavy atom. The lowest BCUT2D eigenvalue weighted by Crippen LogP contribution is -2.38. The maximum atomic E-state index is 12.1. The van der Waals surface area contributed by atoms with Crippen molar-refractivity contribution in [2.24, 2.45) is 0 Å². The third-order valence-electron chi connectivity index (χ3n) is 3.72. The van der Waals surface area contributed by atoms with E-state index < -0.39 is 17.9 Å². The molecule has 6 nitrogen and oxygen atoms in total. The first-order chi connectivity index (χ1) is 12.4. The van der Waals surface area contributed by atoms with Crippen molar-refractivity contribution < 1.29 is 19.4 Å². The van der Waals surface area contributed by atoms with Crippen molar-refractivity contribution in [3.63, 3.8) is 0 Å². The van der Waals surface area contributed by atoms with Crippen LogP contribution in [-0.2, 0) is 4.79 Å². The van der Waals surface area contributed by atoms with Gasteiger partial charge in [0.25, 0.3) is 5.91 Å². The normalized spacial score (nSPS) is 11.8. The summed E-state index contributed by atoms with van der Waals surface area (Å²) in [6.07, 6.45) is 1.55. The molecule has 1 aromatic heterocycles. The van der Waals surface area contributed by atoms with Gasteiger partial charge in [-0.25, -0.2) is 0 Å². The lowest BCUT2D eigenvalue weighted by Gasteiger charge is -2.10. The van der Waals surface area contributed by atoms with E-state index in [0.29, 0.717) is 11.5 Å². The number of rotatable bonds is 5. The largest absolute Gasteiger partial charge is 0.480 e. The Hall–Kier alpha value is -3.06. The summed E-state index contributed by atoms with van der Waals surface area (Å²) >= 11 is 4.23. The van der Waals surface area contributed by atoms with Crippen molar-refractivity contribution >= 4 is 35.3 Å². The van der Waals surface area contributed by atoms with E-state index in [1.165, 1.54) is 6.92 Å². The van der Waals surface area contributed by atoms with Crippen LogP contribution in [-0.4, -0.2) is 28.0 Å². The second-order valence-electron chi connectivity index (χ2n) is 5.71. The van der Waals surface area contributed by atoms with Crippen LogP contribution in [0.4, 0.5) is 0 Å². The van der Waals surface area contributed by atoms with E-state index in [1.54, 1.807) is 18.3 Å². The molecule has 0 aliphatic rings. The van der Waals surface area contributed by atoms with Gasteiger partial charge < -0.3 is 15.2 Å². The van der Waals surface area contributed by atoms with Gasteiger partial charge in [0.05, 0.1) is 0 Å². The first-order valence-corrected chi connectivity index (χ1v) is 8.27. The monoisotopic (exact) mass is 368 g/mol. The molecule has 0 aliphatic carbocycles. The molecule has 1 unspecified atom stereocenters. The number of pyridine rings is 1. The predicted octanol–water partition coefficient (Wildman–Crippen LogP) is 3.52. The molecule has 26 heavy (non-hydrogen) atoms. The smallest absolute Gasteiger partial charge is 0.325 e. The van der Waals surface area contributed by atoms with E-state index in [0.717, 1.165) is 15.7 Å². The number of carboxylic acid groups (broad SMARTS) is 1. The topological polar surface area (TPSA) is 88.5 Å². The van der Waals surface area contributed by atoms with Gasteiger partial charge in [0.1, 0.15) is 23.2 Å². The number of ether oxygens (including phenoxy) is 1. The van der Waals surface area contributed by atoms with E-state index in [1.807, 2.05) is 36.4 Å². The lowest BCUT2D eigenvalue weighted by molar-refractivity contribution is -0.138. The van der Waals surface area contributed by atoms with Crippen molar-refractivity contribution in [3.8, 4) is 11.5 Å². The SMILES string of the molecule is CC(NC(=O)c1cc2ccc(Oc3ccc(S)cc3)cc2cn1)C(=O)O. The quantitative estimate of drug-likeness (QED) is 0.600. The molecule has 0 radical (unpaired) electrons. The number of hydrogen-bond acceptors (Lipinski definition) is 5. The van der Waals surface area contributed by atoms with Crippen molar-refractivity contribution in [3.05, 3.63) is 60.4 Å². The zero-order chi connectivity index (χ0) is 18.7. The average Bonchev–Trinajstić information content (AvgIpc) is 2.63. The van der Waals surface area contributed by atoms with E-state index in [9.17, 15) is 9.59 Å². The molecule has 1 amide bonds. The van der Waals surface area contributed by atoms with Crippen LogP contribution in [0.25, 0.3) is 10.8 Å². The summed E-state index contributed by atoms with van der Waals surface area (Å²) in [5.41, 5.74) is 0.156. The number of aromatic nitrogens is 1. The highest BCUT2D eigenvalue weighted by atomic mass is 32.1. The molecule has 132 valence electrons. The molecule has 0 spiro atoms. The summed E-state index contributed by atoms with van der Waals surface area (Å²) in [5.74, 6) is -0.308. The van der Waals surface area contributed by atoms with Crippen LogP contribution in [0.1, 0.15) is 17.4 Å². The minimum Gasteiger partial charge on any atom is -0.480 e. The second-order valence-corrected chi connectivity index (χ2v) is 6.22. The first-order valence-electron chi connectivity index (χ1n) is 7.83. The van der Waals surface area contributed by atoms with Crippen molar-refractivity contribution in [1.29, 1.82) is 0 Å². The molecule has 7 heteroatoms. The summed E-state index contributed by atoms with van der Waals surface area (Å²) in [4.78, 5) is 27.9. The summed E-state index contributed by atoms with van der Waals surface area (Å²) in [5, 5.41) is 12.8. The lowest BCUT2D eigenvalue weighted by atomic mass is 10.1. The molecule has 0 bridgehead atoms. The number of carbonyl (C=O) groups excluding carboxylic acids is 1. The van der Waals surface area contributed by atoms with Crippen LogP contribution in [0, 0.1) is 0 Å². The van der Waals surface area contributed by atoms with Crippen LogP contribution in [0.3, 0.4) is 0 Å². The van der Waals surface area contributed by atoms with Crippen molar-refractivity contribution in [2.75, 3.05) is 0 Å². The highest BCUT2D eigenvalue weighted by molar-refractivity contribution is 7.80. The van der Waals surface area contributed by atoms with E-state index in [-0.39, 0.29) is 5.69 Å². The molecular weight excluding hydrogens is 352 g/mol. The predicted molar refractivity (Wildman–Crippen MR) is 100 cm³/mol. The third-order valence-corrected chi connectivity index (χ3v) is 4.01. The van der Waals surface area contributed by atoms with Gasteiger partial charge in [-0.1, -0.05) is 6.07 Å². The molecule has 0 saturated heterocycles. The maximum Gasteiger partial charge on any atom is 0.325 e. The fraction of sp³-hybridized carbons (Fsp3) is 0.105. The number of fused-ring (bicyclic) bond motifs is 1. The molecule has 1 atom stereocenters. The molecule has 2 aromatic carbocycles. The van der Waals surface area contributed by atoms with Crippen LogP contribution in [0.15, 0.2) is 59.6 Å². The Bertz CT molecular complexity index is 973. The maximum absolute atomic E-state index is 12.1. The number of hydrogen-bond donors (Lipinski definition) is 3. The molecular formula is C19H16N2O4S. The number of amides is 1. The highest BCUT2D eigenvalue weighted by Gasteiger charge is 2.16. The van der Waals surface area contributed by atoms with Gasteiger partial charge in [0, 0.05) is 16.5 Å². The van der Waals surface area contributed by atoms with Gasteiger partial charge in [0.2, 0.25) is 0 Å². The summed E-state index contributed by atoms with van der Waals surface area (Å²) < 4.78 is 5.79. The minimum absolute atomic E-state index is 0.156. The number of nitrogens with one attached hydrogen (secondary N) is 1. The number of aliphatic carboxylic acids is 1. The number of benzene rings is 2. The minimum atomic E-state index is -1.10. The van der Waals surface area contributed by atoms with Crippen LogP contribution in [0.2, 0.25) is 0 Å². The third kappa shape index (κ3) is 4.12. The van der Waals surface area contributed by atoms with Crippen molar-refractivity contribution in [2.45, 2.75) is 17.9 Å². The fourth-order valence-corrected chi connectivity index (χ4v) is 2.44. The van der Waals surface area contributed by atoms with Gasteiger partial charge >= 0.3 is 5.97 Å². The molecule has 1 heterocycles. The summed E-state index contributed by atoms with van der Waals surface area (Å²) in [7, 11) is 0. The first kappa shape index (κ1) is 17.8. The zero-order valence-electron chi connectivity index (χ0n) is 13.8. The summed E-state index contributed by atoms with van der Waals surface area (Å²) in [6, 6.07) is 13.4. The number of carbonyl (C=O) groups is 2. The van der Waals surface area contributed by atoms with E-state index in [2.05, 4.69) is 22.9 Å². The molecule has 0 fully saturated rings. The Balaban J connectivity index is 1.80. The Morgan fingerprint density at radius 2 is 1.77 bits per heavy atom. The zero-order valence-corrected chi connectivity index (χ0v) is 14.7. The van der Waals surface area contributed by atoms with Crippen molar-refractivity contribution in [1.82, 2.24) is 10.3 Å². The second kappa shape index (κ2) is 7.45. The van der Waals surface area contributed by atoms with E-state index >= 15 is 0 Å². The molecule has 2 N–H and O–H groups in total. The van der Waals surface area contributed by atoms with Gasteiger partial charge in [-0.15, -0.1) is 12.6 Å². The van der Waals surface area contributed by atoms with Crippen LogP contribution >= 0.6 is 12.6 Å².